The van der Waals surface area contributed by atoms with Gasteiger partial charge in [0, 0.05) is 0 Å². The van der Waals surface area contributed by atoms with Crippen LogP contribution in [0.25, 0.3) is 16.8 Å². The minimum atomic E-state index is -1.17. The molecule has 2 aromatic rings. The number of carboxylic acids is 1. The van der Waals surface area contributed by atoms with Gasteiger partial charge in [0.15, 0.2) is 0 Å². The lowest BCUT2D eigenvalue weighted by molar-refractivity contribution is -0.297. The van der Waals surface area contributed by atoms with E-state index >= 15 is 0 Å². The summed E-state index contributed by atoms with van der Waals surface area (Å²) < 4.78 is 0. The van der Waals surface area contributed by atoms with E-state index in [1.807, 2.05) is 30.3 Å². The lowest BCUT2D eigenvalue weighted by atomic mass is 10.1. The van der Waals surface area contributed by atoms with Crippen LogP contribution in [0.15, 0.2) is 60.2 Å². The van der Waals surface area contributed by atoms with Gasteiger partial charge in [0.05, 0.1) is 5.97 Å². The van der Waals surface area contributed by atoms with Gasteiger partial charge in [-0.25, -0.2) is 0 Å². The normalized spacial score (nSPS) is 12.2. The molecule has 0 amide bonds. The molecule has 0 aliphatic heterocycles. The van der Waals surface area contributed by atoms with E-state index in [2.05, 4.69) is 18.2 Å². The third kappa shape index (κ3) is 3.08. The first kappa shape index (κ1) is 12.1. The van der Waals surface area contributed by atoms with Crippen molar-refractivity contribution in [3.05, 3.63) is 65.8 Å². The van der Waals surface area contributed by atoms with Crippen LogP contribution in [0.1, 0.15) is 12.5 Å². The highest BCUT2D eigenvalue weighted by Gasteiger charge is 1.92. The minimum absolute atomic E-state index is 0.656. The van der Waals surface area contributed by atoms with E-state index in [1.54, 1.807) is 13.0 Å². The molecule has 2 rings (SSSR count). The van der Waals surface area contributed by atoms with Crippen molar-refractivity contribution < 1.29 is 9.90 Å². The molecule has 0 saturated carbocycles. The van der Waals surface area contributed by atoms with Gasteiger partial charge in [-0.15, -0.1) is 0 Å². The predicted molar refractivity (Wildman–Crippen MR) is 71.7 cm³/mol. The number of aliphatic carboxylic acids is 1. The van der Waals surface area contributed by atoms with Crippen molar-refractivity contribution >= 4 is 22.8 Å². The zero-order valence-electron chi connectivity index (χ0n) is 10.1. The molecule has 0 bridgehead atoms. The minimum Gasteiger partial charge on any atom is -0.545 e. The van der Waals surface area contributed by atoms with Gasteiger partial charge in [0.25, 0.3) is 0 Å². The lowest BCUT2D eigenvalue weighted by Gasteiger charge is -1.99. The van der Waals surface area contributed by atoms with Crippen LogP contribution in [0.4, 0.5) is 0 Å². The Balaban J connectivity index is 2.27. The molecule has 0 radical (unpaired) electrons. The van der Waals surface area contributed by atoms with E-state index in [0.29, 0.717) is 5.57 Å². The highest BCUT2D eigenvalue weighted by atomic mass is 16.4. The summed E-state index contributed by atoms with van der Waals surface area (Å²) in [6.07, 6.45) is 4.73. The number of hydrogen-bond acceptors (Lipinski definition) is 2. The van der Waals surface area contributed by atoms with Gasteiger partial charge in [-0.05, 0) is 41.0 Å². The van der Waals surface area contributed by atoms with Gasteiger partial charge in [0.2, 0.25) is 0 Å². The molecule has 2 heteroatoms. The number of carbonyl (C=O) groups is 1. The Morgan fingerprint density at radius 3 is 2.56 bits per heavy atom. The average molecular weight is 237 g/mol. The Hall–Kier alpha value is -2.35. The maximum absolute atomic E-state index is 10.4. The number of allylic oxidation sites excluding steroid dienone is 2. The Morgan fingerprint density at radius 2 is 1.83 bits per heavy atom. The van der Waals surface area contributed by atoms with Crippen LogP contribution in [0.2, 0.25) is 0 Å². The van der Waals surface area contributed by atoms with Crippen molar-refractivity contribution in [2.45, 2.75) is 6.92 Å². The first-order valence-corrected chi connectivity index (χ1v) is 5.71. The second-order valence-corrected chi connectivity index (χ2v) is 4.15. The second kappa shape index (κ2) is 5.32. The molecular formula is C16H13O2-. The predicted octanol–water partition coefficient (Wildman–Crippen LogP) is 2.55. The molecule has 0 atom stereocenters. The zero-order chi connectivity index (χ0) is 13.0. The van der Waals surface area contributed by atoms with Crippen LogP contribution in [0.3, 0.4) is 0 Å². The van der Waals surface area contributed by atoms with Gasteiger partial charge in [-0.2, -0.15) is 0 Å². The van der Waals surface area contributed by atoms with Crippen molar-refractivity contribution in [2.24, 2.45) is 0 Å². The van der Waals surface area contributed by atoms with E-state index in [4.69, 9.17) is 0 Å². The number of rotatable bonds is 3. The van der Waals surface area contributed by atoms with E-state index in [9.17, 15) is 9.90 Å². The fraction of sp³-hybridized carbons (Fsp3) is 0.0625. The van der Waals surface area contributed by atoms with Crippen LogP contribution in [0, 0.1) is 0 Å². The Bertz CT molecular complexity index is 636. The summed E-state index contributed by atoms with van der Waals surface area (Å²) in [5.74, 6) is -1.17. The van der Waals surface area contributed by atoms with Gasteiger partial charge < -0.3 is 9.90 Å². The Kier molecular flexibility index (Phi) is 3.58. The molecular weight excluding hydrogens is 224 g/mol. The molecule has 90 valence electrons. The fourth-order valence-corrected chi connectivity index (χ4v) is 1.77. The third-order valence-electron chi connectivity index (χ3n) is 2.66. The summed E-state index contributed by atoms with van der Waals surface area (Å²) in [7, 11) is 0. The number of benzene rings is 2. The molecule has 0 spiro atoms. The van der Waals surface area contributed by atoms with Gasteiger partial charge in [-0.3, -0.25) is 0 Å². The number of fused-ring (bicyclic) bond motifs is 1. The molecule has 18 heavy (non-hydrogen) atoms. The van der Waals surface area contributed by atoms with Crippen molar-refractivity contribution in [1.29, 1.82) is 0 Å². The van der Waals surface area contributed by atoms with Crippen LogP contribution >= 0.6 is 0 Å². The maximum Gasteiger partial charge on any atom is 0.0645 e. The van der Waals surface area contributed by atoms with E-state index in [1.165, 1.54) is 10.8 Å². The van der Waals surface area contributed by atoms with Gasteiger partial charge >= 0.3 is 0 Å². The SMILES string of the molecule is CC(C=Cc1ccc2ccccc2c1)=CC(=O)[O-]. The zero-order valence-corrected chi connectivity index (χ0v) is 10.1. The molecule has 0 aliphatic carbocycles. The first-order chi connectivity index (χ1) is 8.65. The number of carboxylic acid groups (broad SMARTS) is 1. The molecule has 0 fully saturated rings. The van der Waals surface area contributed by atoms with E-state index in [-0.39, 0.29) is 0 Å². The topological polar surface area (TPSA) is 40.1 Å². The van der Waals surface area contributed by atoms with Crippen LogP contribution in [-0.4, -0.2) is 5.97 Å². The Morgan fingerprint density at radius 1 is 1.11 bits per heavy atom. The van der Waals surface area contributed by atoms with E-state index < -0.39 is 5.97 Å². The Labute approximate surface area is 106 Å². The monoisotopic (exact) mass is 237 g/mol. The molecule has 0 aromatic heterocycles. The smallest absolute Gasteiger partial charge is 0.0645 e. The first-order valence-electron chi connectivity index (χ1n) is 5.71. The highest BCUT2D eigenvalue weighted by molar-refractivity contribution is 5.85. The standard InChI is InChI=1S/C16H14O2/c1-12(10-16(17)18)6-7-13-8-9-14-4-2-3-5-15(14)11-13/h2-11H,1H3,(H,17,18)/p-1. The van der Waals surface area contributed by atoms with Crippen LogP contribution in [-0.2, 0) is 4.79 Å². The van der Waals surface area contributed by atoms with Crippen LogP contribution in [0.5, 0.6) is 0 Å². The van der Waals surface area contributed by atoms with E-state index in [0.717, 1.165) is 11.6 Å². The third-order valence-corrected chi connectivity index (χ3v) is 2.66. The molecule has 0 aliphatic rings. The number of carbonyl (C=O) groups excluding carboxylic acids is 1. The highest BCUT2D eigenvalue weighted by Crippen LogP contribution is 2.16. The molecule has 0 heterocycles. The largest absolute Gasteiger partial charge is 0.545 e. The van der Waals surface area contributed by atoms with Crippen molar-refractivity contribution in [1.82, 2.24) is 0 Å². The van der Waals surface area contributed by atoms with Crippen molar-refractivity contribution in [3.8, 4) is 0 Å². The fourth-order valence-electron chi connectivity index (χ4n) is 1.77. The summed E-state index contributed by atoms with van der Waals surface area (Å²) in [5, 5.41) is 12.7. The molecule has 2 aromatic carbocycles. The molecule has 0 N–H and O–H groups in total. The second-order valence-electron chi connectivity index (χ2n) is 4.15. The van der Waals surface area contributed by atoms with Gasteiger partial charge in [-0.1, -0.05) is 48.6 Å². The lowest BCUT2D eigenvalue weighted by Crippen LogP contribution is -2.19. The average Bonchev–Trinajstić information content (AvgIpc) is 2.35. The van der Waals surface area contributed by atoms with Crippen LogP contribution < -0.4 is 5.11 Å². The molecule has 2 nitrogen and oxygen atoms in total. The summed E-state index contributed by atoms with van der Waals surface area (Å²) >= 11 is 0. The number of hydrogen-bond donors (Lipinski definition) is 0. The van der Waals surface area contributed by atoms with Crippen molar-refractivity contribution in [3.63, 3.8) is 0 Å². The molecule has 0 saturated heterocycles. The summed E-state index contributed by atoms with van der Waals surface area (Å²) in [4.78, 5) is 10.4. The summed E-state index contributed by atoms with van der Waals surface area (Å²) in [5.41, 5.74) is 1.70. The summed E-state index contributed by atoms with van der Waals surface area (Å²) in [6.45, 7) is 1.73. The molecule has 0 unspecified atom stereocenters. The van der Waals surface area contributed by atoms with Crippen molar-refractivity contribution in [2.75, 3.05) is 0 Å². The maximum atomic E-state index is 10.4. The van der Waals surface area contributed by atoms with Gasteiger partial charge in [0.1, 0.15) is 0 Å². The quantitative estimate of drug-likeness (QED) is 0.608. The summed E-state index contributed by atoms with van der Waals surface area (Å²) in [6, 6.07) is 14.2.